The second-order valence-electron chi connectivity index (χ2n) is 4.51. The molecule has 1 aromatic carbocycles. The van der Waals surface area contributed by atoms with Crippen LogP contribution in [0.5, 0.6) is 0 Å². The molecule has 0 fully saturated rings. The van der Waals surface area contributed by atoms with Gasteiger partial charge >= 0.3 is 5.97 Å². The van der Waals surface area contributed by atoms with E-state index in [1.807, 2.05) is 18.2 Å². The molecule has 0 aliphatic heterocycles. The lowest BCUT2D eigenvalue weighted by Gasteiger charge is -2.17. The third-order valence-corrected chi connectivity index (χ3v) is 4.47. The largest absolute Gasteiger partial charge is 0.481 e. The second-order valence-corrected chi connectivity index (χ2v) is 6.06. The van der Waals surface area contributed by atoms with Crippen molar-refractivity contribution < 1.29 is 14.7 Å². The minimum atomic E-state index is -0.914. The summed E-state index contributed by atoms with van der Waals surface area (Å²) in [6, 6.07) is 7.07. The van der Waals surface area contributed by atoms with Gasteiger partial charge in [-0.05, 0) is 26.0 Å². The predicted molar refractivity (Wildman–Crippen MR) is 81.2 cm³/mol. The van der Waals surface area contributed by atoms with Crippen molar-refractivity contribution in [2.75, 3.05) is 5.75 Å². The van der Waals surface area contributed by atoms with Crippen LogP contribution in [0.3, 0.4) is 0 Å². The molecular formula is C14H18ClNO3S. The maximum Gasteiger partial charge on any atom is 0.308 e. The van der Waals surface area contributed by atoms with E-state index in [-0.39, 0.29) is 11.9 Å². The Hall–Kier alpha value is -1.20. The van der Waals surface area contributed by atoms with E-state index in [0.717, 1.165) is 4.90 Å². The minimum absolute atomic E-state index is 0.148. The zero-order valence-electron chi connectivity index (χ0n) is 11.4. The number of hydrogen-bond donors (Lipinski definition) is 2. The van der Waals surface area contributed by atoms with Gasteiger partial charge in [0, 0.05) is 23.1 Å². The maximum atomic E-state index is 11.7. The molecule has 1 rings (SSSR count). The van der Waals surface area contributed by atoms with Crippen LogP contribution in [0.1, 0.15) is 20.3 Å². The van der Waals surface area contributed by atoms with E-state index in [9.17, 15) is 9.59 Å². The molecular weight excluding hydrogens is 298 g/mol. The Balaban J connectivity index is 2.34. The average Bonchev–Trinajstić information content (AvgIpc) is 2.39. The molecule has 1 aromatic rings. The van der Waals surface area contributed by atoms with Gasteiger partial charge in [0.25, 0.3) is 0 Å². The fourth-order valence-corrected chi connectivity index (χ4v) is 2.67. The molecule has 0 radical (unpaired) electrons. The Morgan fingerprint density at radius 3 is 2.60 bits per heavy atom. The standard InChI is InChI=1S/C14H18ClNO3S/c1-9(14(18)19)10(2)16-13(17)7-8-20-12-6-4-3-5-11(12)15/h3-6,9-10H,7-8H2,1-2H3,(H,16,17)(H,18,19). The van der Waals surface area contributed by atoms with Crippen LogP contribution in [0.4, 0.5) is 0 Å². The van der Waals surface area contributed by atoms with Crippen molar-refractivity contribution in [3.8, 4) is 0 Å². The first kappa shape index (κ1) is 16.9. The molecule has 1 amide bonds. The molecule has 0 aliphatic rings. The van der Waals surface area contributed by atoms with Gasteiger partial charge in [-0.25, -0.2) is 0 Å². The van der Waals surface area contributed by atoms with E-state index in [2.05, 4.69) is 5.32 Å². The Morgan fingerprint density at radius 1 is 1.35 bits per heavy atom. The van der Waals surface area contributed by atoms with E-state index in [1.54, 1.807) is 19.9 Å². The van der Waals surface area contributed by atoms with E-state index < -0.39 is 11.9 Å². The first-order chi connectivity index (χ1) is 9.41. The molecule has 0 spiro atoms. The molecule has 0 aliphatic carbocycles. The Bertz CT molecular complexity index is 481. The lowest BCUT2D eigenvalue weighted by Crippen LogP contribution is -2.40. The molecule has 0 heterocycles. The zero-order chi connectivity index (χ0) is 15.1. The Morgan fingerprint density at radius 2 is 2.00 bits per heavy atom. The predicted octanol–water partition coefficient (Wildman–Crippen LogP) is 3.05. The smallest absolute Gasteiger partial charge is 0.308 e. The number of carbonyl (C=O) groups excluding carboxylic acids is 1. The molecule has 2 atom stereocenters. The van der Waals surface area contributed by atoms with Gasteiger partial charge in [-0.2, -0.15) is 0 Å². The molecule has 6 heteroatoms. The minimum Gasteiger partial charge on any atom is -0.481 e. The number of carboxylic acid groups (broad SMARTS) is 1. The molecule has 110 valence electrons. The summed E-state index contributed by atoms with van der Waals surface area (Å²) in [4.78, 5) is 23.4. The number of halogens is 1. The van der Waals surface area contributed by atoms with Gasteiger partial charge in [-0.3, -0.25) is 9.59 Å². The highest BCUT2D eigenvalue weighted by atomic mass is 35.5. The third-order valence-electron chi connectivity index (χ3n) is 2.95. The summed E-state index contributed by atoms with van der Waals surface area (Å²) in [7, 11) is 0. The number of carboxylic acids is 1. The van der Waals surface area contributed by atoms with Crippen molar-refractivity contribution in [2.45, 2.75) is 31.2 Å². The molecule has 2 unspecified atom stereocenters. The first-order valence-electron chi connectivity index (χ1n) is 6.31. The summed E-state index contributed by atoms with van der Waals surface area (Å²) in [5, 5.41) is 12.2. The average molecular weight is 316 g/mol. The van der Waals surface area contributed by atoms with Crippen molar-refractivity contribution in [3.63, 3.8) is 0 Å². The summed E-state index contributed by atoms with van der Waals surface area (Å²) < 4.78 is 0. The van der Waals surface area contributed by atoms with Gasteiger partial charge in [0.05, 0.1) is 10.9 Å². The highest BCUT2D eigenvalue weighted by molar-refractivity contribution is 7.99. The molecule has 4 nitrogen and oxygen atoms in total. The van der Waals surface area contributed by atoms with Crippen molar-refractivity contribution in [2.24, 2.45) is 5.92 Å². The molecule has 0 aromatic heterocycles. The van der Waals surface area contributed by atoms with Gasteiger partial charge in [-0.15, -0.1) is 11.8 Å². The van der Waals surface area contributed by atoms with E-state index in [4.69, 9.17) is 16.7 Å². The number of rotatable bonds is 7. The van der Waals surface area contributed by atoms with E-state index >= 15 is 0 Å². The fraction of sp³-hybridized carbons (Fsp3) is 0.429. The summed E-state index contributed by atoms with van der Waals surface area (Å²) >= 11 is 7.52. The highest BCUT2D eigenvalue weighted by Crippen LogP contribution is 2.26. The number of benzene rings is 1. The van der Waals surface area contributed by atoms with E-state index in [1.165, 1.54) is 11.8 Å². The quantitative estimate of drug-likeness (QED) is 0.759. The Labute approximate surface area is 127 Å². The van der Waals surface area contributed by atoms with Crippen LogP contribution >= 0.6 is 23.4 Å². The van der Waals surface area contributed by atoms with Gasteiger partial charge in [-0.1, -0.05) is 23.7 Å². The van der Waals surface area contributed by atoms with Crippen LogP contribution in [0.2, 0.25) is 5.02 Å². The van der Waals surface area contributed by atoms with Crippen molar-refractivity contribution in [1.29, 1.82) is 0 Å². The monoisotopic (exact) mass is 315 g/mol. The number of carbonyl (C=O) groups is 2. The van der Waals surface area contributed by atoms with Gasteiger partial charge in [0.2, 0.25) is 5.91 Å². The topological polar surface area (TPSA) is 66.4 Å². The number of nitrogens with one attached hydrogen (secondary N) is 1. The second kappa shape index (κ2) is 8.17. The van der Waals surface area contributed by atoms with Crippen LogP contribution in [0.25, 0.3) is 0 Å². The molecule has 0 saturated carbocycles. The summed E-state index contributed by atoms with van der Waals surface area (Å²) in [6.07, 6.45) is 0.326. The lowest BCUT2D eigenvalue weighted by atomic mass is 10.0. The lowest BCUT2D eigenvalue weighted by molar-refractivity contribution is -0.142. The molecule has 0 saturated heterocycles. The van der Waals surface area contributed by atoms with Gasteiger partial charge in [0.15, 0.2) is 0 Å². The normalized spacial score (nSPS) is 13.6. The van der Waals surface area contributed by atoms with Gasteiger partial charge in [0.1, 0.15) is 0 Å². The molecule has 2 N–H and O–H groups in total. The number of hydrogen-bond acceptors (Lipinski definition) is 3. The van der Waals surface area contributed by atoms with Crippen LogP contribution in [-0.4, -0.2) is 28.8 Å². The van der Waals surface area contributed by atoms with Crippen LogP contribution in [-0.2, 0) is 9.59 Å². The van der Waals surface area contributed by atoms with Crippen molar-refractivity contribution in [1.82, 2.24) is 5.32 Å². The van der Waals surface area contributed by atoms with Crippen LogP contribution < -0.4 is 5.32 Å². The SMILES string of the molecule is CC(NC(=O)CCSc1ccccc1Cl)C(C)C(=O)O. The fourth-order valence-electron chi connectivity index (χ4n) is 1.48. The van der Waals surface area contributed by atoms with E-state index in [0.29, 0.717) is 17.2 Å². The molecule has 20 heavy (non-hydrogen) atoms. The Kier molecular flexibility index (Phi) is 6.88. The first-order valence-corrected chi connectivity index (χ1v) is 7.67. The van der Waals surface area contributed by atoms with Crippen LogP contribution in [0, 0.1) is 5.92 Å². The van der Waals surface area contributed by atoms with Gasteiger partial charge < -0.3 is 10.4 Å². The van der Waals surface area contributed by atoms with Crippen molar-refractivity contribution >= 4 is 35.2 Å². The zero-order valence-corrected chi connectivity index (χ0v) is 13.0. The highest BCUT2D eigenvalue weighted by Gasteiger charge is 2.20. The van der Waals surface area contributed by atoms with Crippen LogP contribution in [0.15, 0.2) is 29.2 Å². The molecule has 0 bridgehead atoms. The summed E-state index contributed by atoms with van der Waals surface area (Å²) in [6.45, 7) is 3.27. The number of thioether (sulfide) groups is 1. The number of amides is 1. The third kappa shape index (κ3) is 5.43. The summed E-state index contributed by atoms with van der Waals surface area (Å²) in [5.41, 5.74) is 0. The summed E-state index contributed by atoms with van der Waals surface area (Å²) in [5.74, 6) is -1.06. The maximum absolute atomic E-state index is 11.7. The number of aliphatic carboxylic acids is 1. The van der Waals surface area contributed by atoms with Crippen molar-refractivity contribution in [3.05, 3.63) is 29.3 Å².